The van der Waals surface area contributed by atoms with E-state index in [1.807, 2.05) is 61.6 Å². The normalized spacial score (nSPS) is 15.3. The third kappa shape index (κ3) is 3.76. The molecule has 0 bridgehead atoms. The van der Waals surface area contributed by atoms with Crippen LogP contribution in [0.4, 0.5) is 5.69 Å². The Balaban J connectivity index is 1.48. The van der Waals surface area contributed by atoms with Gasteiger partial charge in [-0.3, -0.25) is 9.78 Å². The summed E-state index contributed by atoms with van der Waals surface area (Å²) in [6.45, 7) is 0.372. The van der Waals surface area contributed by atoms with Crippen LogP contribution in [-0.2, 0) is 11.3 Å². The molecule has 0 spiro atoms. The Kier molecular flexibility index (Phi) is 5.10. The number of nitrogens with one attached hydrogen (secondary N) is 1. The van der Waals surface area contributed by atoms with Crippen LogP contribution in [-0.4, -0.2) is 33.5 Å². The zero-order valence-electron chi connectivity index (χ0n) is 16.0. The molecule has 1 fully saturated rings. The Hall–Kier alpha value is -3.15. The molecule has 1 aliphatic carbocycles. The highest BCUT2D eigenvalue weighted by atomic mass is 16.5. The number of likely N-dealkylation sites (N-methyl/N-ethyl adjacent to an activating group) is 1. The average molecular weight is 376 g/mol. The quantitative estimate of drug-likeness (QED) is 0.701. The standard InChI is InChI=1S/C22H24N4O2/c1-26(16-18-15-20(25-28-18)19-11-5-8-14-23-19)21(27)22(12-6-7-13-22)24-17-9-3-2-4-10-17/h2-5,8-11,14-15,24H,6-7,12-13,16H2,1H3. The fourth-order valence-corrected chi connectivity index (χ4v) is 3.86. The SMILES string of the molecule is CN(Cc1cc(-c2ccccn2)no1)C(=O)C1(Nc2ccccc2)CCCC1. The fraction of sp³-hybridized carbons (Fsp3) is 0.318. The largest absolute Gasteiger partial charge is 0.371 e. The van der Waals surface area contributed by atoms with Crippen molar-refractivity contribution in [3.8, 4) is 11.4 Å². The summed E-state index contributed by atoms with van der Waals surface area (Å²) < 4.78 is 5.45. The molecular weight excluding hydrogens is 352 g/mol. The molecule has 0 atom stereocenters. The number of carbonyl (C=O) groups is 1. The van der Waals surface area contributed by atoms with Gasteiger partial charge in [0.2, 0.25) is 5.91 Å². The summed E-state index contributed by atoms with van der Waals surface area (Å²) in [5, 5.41) is 7.59. The van der Waals surface area contributed by atoms with Crippen molar-refractivity contribution in [1.82, 2.24) is 15.0 Å². The van der Waals surface area contributed by atoms with Crippen molar-refractivity contribution in [2.75, 3.05) is 12.4 Å². The molecule has 1 N–H and O–H groups in total. The third-order valence-electron chi connectivity index (χ3n) is 5.25. The summed E-state index contributed by atoms with van der Waals surface area (Å²) in [6, 6.07) is 17.4. The number of amides is 1. The number of hydrogen-bond acceptors (Lipinski definition) is 5. The maximum absolute atomic E-state index is 13.3. The van der Waals surface area contributed by atoms with Gasteiger partial charge in [-0.25, -0.2) is 0 Å². The van der Waals surface area contributed by atoms with Crippen LogP contribution in [0.15, 0.2) is 65.3 Å². The van der Waals surface area contributed by atoms with Crippen LogP contribution in [0, 0.1) is 0 Å². The van der Waals surface area contributed by atoms with E-state index in [1.165, 1.54) is 0 Å². The lowest BCUT2D eigenvalue weighted by atomic mass is 9.95. The van der Waals surface area contributed by atoms with Crippen LogP contribution >= 0.6 is 0 Å². The molecule has 6 heteroatoms. The van der Waals surface area contributed by atoms with Gasteiger partial charge in [0.15, 0.2) is 5.76 Å². The van der Waals surface area contributed by atoms with Gasteiger partial charge in [-0.15, -0.1) is 0 Å². The molecule has 4 rings (SSSR count). The van der Waals surface area contributed by atoms with E-state index in [9.17, 15) is 4.79 Å². The molecule has 2 aromatic heterocycles. The van der Waals surface area contributed by atoms with Crippen LogP contribution in [0.3, 0.4) is 0 Å². The number of nitrogens with zero attached hydrogens (tertiary/aromatic N) is 3. The molecule has 28 heavy (non-hydrogen) atoms. The van der Waals surface area contributed by atoms with Gasteiger partial charge in [0, 0.05) is 25.0 Å². The van der Waals surface area contributed by atoms with Crippen molar-refractivity contribution in [3.05, 3.63) is 66.6 Å². The molecule has 3 aromatic rings. The van der Waals surface area contributed by atoms with Gasteiger partial charge in [0.25, 0.3) is 0 Å². The monoisotopic (exact) mass is 376 g/mol. The van der Waals surface area contributed by atoms with Gasteiger partial charge in [-0.05, 0) is 37.1 Å². The van der Waals surface area contributed by atoms with Gasteiger partial charge in [-0.2, -0.15) is 0 Å². The lowest BCUT2D eigenvalue weighted by molar-refractivity contribution is -0.135. The van der Waals surface area contributed by atoms with Crippen molar-refractivity contribution in [3.63, 3.8) is 0 Å². The summed E-state index contributed by atoms with van der Waals surface area (Å²) in [5.74, 6) is 0.731. The minimum absolute atomic E-state index is 0.0876. The molecule has 1 amide bonds. The Morgan fingerprint density at radius 3 is 2.57 bits per heavy atom. The minimum atomic E-state index is -0.556. The molecule has 6 nitrogen and oxygen atoms in total. The van der Waals surface area contributed by atoms with Gasteiger partial charge < -0.3 is 14.7 Å². The molecule has 144 valence electrons. The van der Waals surface area contributed by atoms with Crippen molar-refractivity contribution in [1.29, 1.82) is 0 Å². The summed E-state index contributed by atoms with van der Waals surface area (Å²) in [6.07, 6.45) is 5.48. The zero-order valence-corrected chi connectivity index (χ0v) is 16.0. The number of para-hydroxylation sites is 1. The molecule has 0 unspecified atom stereocenters. The molecule has 0 saturated heterocycles. The first-order valence-corrected chi connectivity index (χ1v) is 9.62. The maximum Gasteiger partial charge on any atom is 0.248 e. The first-order valence-electron chi connectivity index (χ1n) is 9.62. The van der Waals surface area contributed by atoms with E-state index in [1.54, 1.807) is 11.1 Å². The second-order valence-corrected chi connectivity index (χ2v) is 7.33. The Labute approximate surface area is 164 Å². The summed E-state index contributed by atoms with van der Waals surface area (Å²) in [5.41, 5.74) is 1.85. The van der Waals surface area contributed by atoms with Crippen LogP contribution in [0.2, 0.25) is 0 Å². The van der Waals surface area contributed by atoms with E-state index in [4.69, 9.17) is 4.52 Å². The topological polar surface area (TPSA) is 71.3 Å². The molecule has 0 radical (unpaired) electrons. The van der Waals surface area contributed by atoms with Crippen LogP contribution < -0.4 is 5.32 Å². The second-order valence-electron chi connectivity index (χ2n) is 7.33. The highest BCUT2D eigenvalue weighted by molar-refractivity contribution is 5.89. The first-order chi connectivity index (χ1) is 13.7. The van der Waals surface area contributed by atoms with Crippen molar-refractivity contribution in [2.45, 2.75) is 37.8 Å². The highest BCUT2D eigenvalue weighted by Gasteiger charge is 2.42. The molecule has 0 aliphatic heterocycles. The molecular formula is C22H24N4O2. The number of anilines is 1. The van der Waals surface area contributed by atoms with Crippen LogP contribution in [0.1, 0.15) is 31.4 Å². The smallest absolute Gasteiger partial charge is 0.248 e. The predicted molar refractivity (Wildman–Crippen MR) is 107 cm³/mol. The molecule has 1 aromatic carbocycles. The lowest BCUT2D eigenvalue weighted by Gasteiger charge is -2.33. The zero-order chi connectivity index (χ0) is 19.4. The highest BCUT2D eigenvalue weighted by Crippen LogP contribution is 2.35. The molecule has 2 heterocycles. The Morgan fingerprint density at radius 1 is 1.11 bits per heavy atom. The lowest BCUT2D eigenvalue weighted by Crippen LogP contribution is -2.50. The number of pyridine rings is 1. The van der Waals surface area contributed by atoms with E-state index in [2.05, 4.69) is 15.5 Å². The third-order valence-corrected chi connectivity index (χ3v) is 5.25. The summed E-state index contributed by atoms with van der Waals surface area (Å²) in [4.78, 5) is 19.4. The van der Waals surface area contributed by atoms with Crippen LogP contribution in [0.25, 0.3) is 11.4 Å². The minimum Gasteiger partial charge on any atom is -0.371 e. The number of aromatic nitrogens is 2. The van der Waals surface area contributed by atoms with E-state index in [0.717, 1.165) is 37.1 Å². The van der Waals surface area contributed by atoms with Gasteiger partial charge in [0.05, 0.1) is 12.2 Å². The second kappa shape index (κ2) is 7.84. The number of rotatable bonds is 6. The average Bonchev–Trinajstić information content (AvgIpc) is 3.39. The van der Waals surface area contributed by atoms with Gasteiger partial charge >= 0.3 is 0 Å². The van der Waals surface area contributed by atoms with E-state index < -0.39 is 5.54 Å². The van der Waals surface area contributed by atoms with Crippen molar-refractivity contribution < 1.29 is 9.32 Å². The molecule has 1 aliphatic rings. The van der Waals surface area contributed by atoms with Crippen molar-refractivity contribution >= 4 is 11.6 Å². The predicted octanol–water partition coefficient (Wildman–Crippen LogP) is 4.12. The number of benzene rings is 1. The maximum atomic E-state index is 13.3. The van der Waals surface area contributed by atoms with E-state index in [-0.39, 0.29) is 5.91 Å². The Morgan fingerprint density at radius 2 is 1.86 bits per heavy atom. The van der Waals surface area contributed by atoms with Gasteiger partial charge in [0.1, 0.15) is 11.2 Å². The van der Waals surface area contributed by atoms with Gasteiger partial charge in [-0.1, -0.05) is 42.3 Å². The molecule has 1 saturated carbocycles. The number of carbonyl (C=O) groups excluding carboxylic acids is 1. The number of hydrogen-bond donors (Lipinski definition) is 1. The first kappa shape index (κ1) is 18.2. The van der Waals surface area contributed by atoms with Crippen LogP contribution in [0.5, 0.6) is 0 Å². The summed E-state index contributed by atoms with van der Waals surface area (Å²) in [7, 11) is 1.82. The van der Waals surface area contributed by atoms with Crippen molar-refractivity contribution in [2.24, 2.45) is 0 Å². The van der Waals surface area contributed by atoms with E-state index in [0.29, 0.717) is 18.0 Å². The van der Waals surface area contributed by atoms with E-state index >= 15 is 0 Å². The Bertz CT molecular complexity index is 918. The summed E-state index contributed by atoms with van der Waals surface area (Å²) >= 11 is 0. The fourth-order valence-electron chi connectivity index (χ4n) is 3.86.